The lowest BCUT2D eigenvalue weighted by Crippen LogP contribution is -2.12. The Morgan fingerprint density at radius 2 is 2.06 bits per heavy atom. The van der Waals surface area contributed by atoms with Crippen LogP contribution in [0.5, 0.6) is 5.75 Å². The Balaban J connectivity index is 2.54. The second kappa shape index (κ2) is 4.37. The van der Waals surface area contributed by atoms with Gasteiger partial charge in [0.2, 0.25) is 0 Å². The van der Waals surface area contributed by atoms with Crippen molar-refractivity contribution in [2.75, 3.05) is 7.11 Å². The molecule has 1 heterocycles. The molecule has 1 aromatic heterocycles. The number of methoxy groups -OCH3 is 1. The fourth-order valence-electron chi connectivity index (χ4n) is 1.66. The minimum Gasteiger partial charge on any atom is -0.494 e. The lowest BCUT2D eigenvalue weighted by Gasteiger charge is -2.13. The second-order valence-electron chi connectivity index (χ2n) is 3.63. The summed E-state index contributed by atoms with van der Waals surface area (Å²) in [5.74, 6) is 0.785. The van der Waals surface area contributed by atoms with Crippen LogP contribution in [0.3, 0.4) is 0 Å². The first-order valence-electron chi connectivity index (χ1n) is 5.17. The van der Waals surface area contributed by atoms with E-state index in [2.05, 4.69) is 5.10 Å². The van der Waals surface area contributed by atoms with E-state index in [4.69, 9.17) is 10.5 Å². The van der Waals surface area contributed by atoms with Gasteiger partial charge >= 0.3 is 0 Å². The molecule has 0 saturated heterocycles. The molecule has 4 nitrogen and oxygen atoms in total. The highest BCUT2D eigenvalue weighted by Crippen LogP contribution is 2.24. The van der Waals surface area contributed by atoms with Gasteiger partial charge < -0.3 is 10.5 Å². The van der Waals surface area contributed by atoms with Crippen LogP contribution in [0.25, 0.3) is 5.69 Å². The van der Waals surface area contributed by atoms with Crippen molar-refractivity contribution >= 4 is 0 Å². The van der Waals surface area contributed by atoms with Crippen molar-refractivity contribution in [3.8, 4) is 11.4 Å². The van der Waals surface area contributed by atoms with Gasteiger partial charge in [0.25, 0.3) is 0 Å². The van der Waals surface area contributed by atoms with Gasteiger partial charge in [-0.1, -0.05) is 12.1 Å². The molecule has 1 unspecified atom stereocenters. The number of rotatable bonds is 3. The van der Waals surface area contributed by atoms with Crippen molar-refractivity contribution in [3.05, 3.63) is 42.2 Å². The van der Waals surface area contributed by atoms with Gasteiger partial charge in [-0.25, -0.2) is 4.68 Å². The van der Waals surface area contributed by atoms with Crippen molar-refractivity contribution in [3.63, 3.8) is 0 Å². The molecule has 0 radical (unpaired) electrons. The Bertz CT molecular complexity index is 477. The van der Waals surface area contributed by atoms with Crippen LogP contribution in [-0.4, -0.2) is 16.9 Å². The fraction of sp³-hybridized carbons (Fsp3) is 0.250. The van der Waals surface area contributed by atoms with Crippen LogP contribution < -0.4 is 10.5 Å². The summed E-state index contributed by atoms with van der Waals surface area (Å²) < 4.78 is 7.11. The van der Waals surface area contributed by atoms with Crippen molar-refractivity contribution in [1.29, 1.82) is 0 Å². The molecule has 84 valence electrons. The molecule has 4 heteroatoms. The molecule has 0 aliphatic rings. The minimum atomic E-state index is -0.0626. The van der Waals surface area contributed by atoms with Gasteiger partial charge in [-0.2, -0.15) is 5.10 Å². The molecule has 1 atom stereocenters. The predicted octanol–water partition coefficient (Wildman–Crippen LogP) is 1.90. The predicted molar refractivity (Wildman–Crippen MR) is 62.7 cm³/mol. The monoisotopic (exact) mass is 217 g/mol. The lowest BCUT2D eigenvalue weighted by atomic mass is 10.2. The van der Waals surface area contributed by atoms with Crippen LogP contribution in [0.1, 0.15) is 18.7 Å². The van der Waals surface area contributed by atoms with E-state index in [0.29, 0.717) is 0 Å². The third-order valence-corrected chi connectivity index (χ3v) is 2.45. The summed E-state index contributed by atoms with van der Waals surface area (Å²) in [4.78, 5) is 0. The Hall–Kier alpha value is -1.81. The Morgan fingerprint density at radius 1 is 1.31 bits per heavy atom. The number of nitrogens with two attached hydrogens (primary N) is 1. The highest BCUT2D eigenvalue weighted by atomic mass is 16.5. The smallest absolute Gasteiger partial charge is 0.144 e. The number of aromatic nitrogens is 2. The van der Waals surface area contributed by atoms with Crippen LogP contribution in [0, 0.1) is 0 Å². The molecule has 2 rings (SSSR count). The van der Waals surface area contributed by atoms with Gasteiger partial charge in [0, 0.05) is 12.2 Å². The van der Waals surface area contributed by atoms with E-state index in [1.165, 1.54) is 0 Å². The van der Waals surface area contributed by atoms with E-state index >= 15 is 0 Å². The third-order valence-electron chi connectivity index (χ3n) is 2.45. The van der Waals surface area contributed by atoms with Crippen LogP contribution in [0.4, 0.5) is 0 Å². The van der Waals surface area contributed by atoms with Crippen molar-refractivity contribution in [2.45, 2.75) is 13.0 Å². The van der Waals surface area contributed by atoms with E-state index < -0.39 is 0 Å². The zero-order valence-electron chi connectivity index (χ0n) is 9.42. The molecular formula is C12H15N3O. The van der Waals surface area contributed by atoms with Crippen molar-refractivity contribution in [2.24, 2.45) is 5.73 Å². The van der Waals surface area contributed by atoms with Gasteiger partial charge in [-0.15, -0.1) is 0 Å². The summed E-state index contributed by atoms with van der Waals surface area (Å²) in [6, 6.07) is 9.59. The van der Waals surface area contributed by atoms with E-state index in [0.717, 1.165) is 17.1 Å². The number of hydrogen-bond donors (Lipinski definition) is 1. The molecule has 0 fully saturated rings. The zero-order valence-corrected chi connectivity index (χ0v) is 9.42. The maximum Gasteiger partial charge on any atom is 0.144 e. The van der Waals surface area contributed by atoms with Gasteiger partial charge in [0.05, 0.1) is 12.8 Å². The molecule has 1 aromatic carbocycles. The van der Waals surface area contributed by atoms with E-state index in [9.17, 15) is 0 Å². The Kier molecular flexibility index (Phi) is 2.92. The van der Waals surface area contributed by atoms with Crippen molar-refractivity contribution < 1.29 is 4.74 Å². The Labute approximate surface area is 94.6 Å². The standard InChI is InChI=1S/C12H15N3O/c1-9(13)10-7-8-14-15(10)11-5-3-4-6-12(11)16-2/h3-9H,13H2,1-2H3. The molecule has 2 N–H and O–H groups in total. The summed E-state index contributed by atoms with van der Waals surface area (Å²) in [6.45, 7) is 1.93. The minimum absolute atomic E-state index is 0.0626. The summed E-state index contributed by atoms with van der Waals surface area (Å²) in [5.41, 5.74) is 7.75. The van der Waals surface area contributed by atoms with Gasteiger partial charge in [0.15, 0.2) is 0 Å². The lowest BCUT2D eigenvalue weighted by molar-refractivity contribution is 0.411. The number of benzene rings is 1. The quantitative estimate of drug-likeness (QED) is 0.854. The van der Waals surface area contributed by atoms with Gasteiger partial charge in [-0.3, -0.25) is 0 Å². The highest BCUT2D eigenvalue weighted by molar-refractivity contribution is 5.47. The van der Waals surface area contributed by atoms with Crippen molar-refractivity contribution in [1.82, 2.24) is 9.78 Å². The summed E-state index contributed by atoms with van der Waals surface area (Å²) in [7, 11) is 1.65. The first-order valence-corrected chi connectivity index (χ1v) is 5.17. The van der Waals surface area contributed by atoms with Crippen LogP contribution >= 0.6 is 0 Å². The fourth-order valence-corrected chi connectivity index (χ4v) is 1.66. The summed E-state index contributed by atoms with van der Waals surface area (Å²) in [6.07, 6.45) is 1.74. The normalized spacial score (nSPS) is 12.4. The highest BCUT2D eigenvalue weighted by Gasteiger charge is 2.11. The van der Waals surface area contributed by atoms with E-state index in [-0.39, 0.29) is 6.04 Å². The molecular weight excluding hydrogens is 202 g/mol. The number of para-hydroxylation sites is 2. The molecule has 0 bridgehead atoms. The molecule has 0 saturated carbocycles. The average Bonchev–Trinajstić information content (AvgIpc) is 2.77. The van der Waals surface area contributed by atoms with Gasteiger partial charge in [0.1, 0.15) is 11.4 Å². The molecule has 0 spiro atoms. The van der Waals surface area contributed by atoms with E-state index in [1.807, 2.05) is 41.9 Å². The molecule has 0 aliphatic carbocycles. The van der Waals surface area contributed by atoms with Crippen LogP contribution in [0.15, 0.2) is 36.5 Å². The summed E-state index contributed by atoms with van der Waals surface area (Å²) >= 11 is 0. The molecule has 0 amide bonds. The van der Waals surface area contributed by atoms with Gasteiger partial charge in [-0.05, 0) is 25.1 Å². The number of nitrogens with zero attached hydrogens (tertiary/aromatic N) is 2. The Morgan fingerprint density at radius 3 is 2.75 bits per heavy atom. The van der Waals surface area contributed by atoms with Crippen LogP contribution in [0.2, 0.25) is 0 Å². The second-order valence-corrected chi connectivity index (χ2v) is 3.63. The number of ether oxygens (including phenoxy) is 1. The maximum absolute atomic E-state index is 5.89. The first kappa shape index (κ1) is 10.7. The SMILES string of the molecule is COc1ccccc1-n1nccc1C(C)N. The van der Waals surface area contributed by atoms with Crippen LogP contribution in [-0.2, 0) is 0 Å². The van der Waals surface area contributed by atoms with E-state index in [1.54, 1.807) is 13.3 Å². The average molecular weight is 217 g/mol. The topological polar surface area (TPSA) is 53.1 Å². The summed E-state index contributed by atoms with van der Waals surface area (Å²) in [5, 5.41) is 4.27. The molecule has 2 aromatic rings. The maximum atomic E-state index is 5.89. The largest absolute Gasteiger partial charge is 0.494 e. The third kappa shape index (κ3) is 1.79. The molecule has 16 heavy (non-hydrogen) atoms. The zero-order chi connectivity index (χ0) is 11.5. The molecule has 0 aliphatic heterocycles. The number of hydrogen-bond acceptors (Lipinski definition) is 3. The first-order chi connectivity index (χ1) is 7.74.